The Labute approximate surface area is 101 Å². The van der Waals surface area contributed by atoms with Gasteiger partial charge in [-0.3, -0.25) is 4.79 Å². The average Bonchev–Trinajstić information content (AvgIpc) is 1.46. The molecule has 0 fully saturated rings. The number of carboxylic acid groups (broad SMARTS) is 1. The van der Waals surface area contributed by atoms with Crippen LogP contribution >= 0.6 is 0 Å². The van der Waals surface area contributed by atoms with Crippen LogP contribution in [-0.2, 0) is 9.59 Å². The van der Waals surface area contributed by atoms with E-state index in [0.29, 0.717) is 0 Å². The van der Waals surface area contributed by atoms with Gasteiger partial charge in [-0.2, -0.15) is 0 Å². The van der Waals surface area contributed by atoms with Crippen molar-refractivity contribution in [3.05, 3.63) is 0 Å². The molecule has 3 nitrogen and oxygen atoms in total. The van der Waals surface area contributed by atoms with Crippen molar-refractivity contribution in [3.8, 4) is 0 Å². The molecule has 0 aliphatic heterocycles. The SMILES string of the molecule is C=O.O=CO.[Ar].[Ar]. The van der Waals surface area contributed by atoms with Gasteiger partial charge in [-0.25, -0.2) is 0 Å². The molecule has 0 rings (SSSR count). The van der Waals surface area contributed by atoms with Crippen LogP contribution in [-0.4, -0.2) is 18.4 Å². The van der Waals surface area contributed by atoms with E-state index in [1.807, 2.05) is 6.79 Å². The van der Waals surface area contributed by atoms with Crippen molar-refractivity contribution in [1.82, 2.24) is 0 Å². The van der Waals surface area contributed by atoms with Crippen molar-refractivity contribution in [1.29, 1.82) is 0 Å². The maximum atomic E-state index is 8.36. The van der Waals surface area contributed by atoms with Gasteiger partial charge < -0.3 is 9.90 Å². The molecular formula is C2H4Ar2O3. The Morgan fingerprint density at radius 3 is 1.29 bits per heavy atom. The van der Waals surface area contributed by atoms with Gasteiger partial charge in [-0.15, -0.1) is 0 Å². The predicted molar refractivity (Wildman–Crippen MR) is 15.8 cm³/mol. The van der Waals surface area contributed by atoms with Gasteiger partial charge in [0.15, 0.2) is 0 Å². The topological polar surface area (TPSA) is 54.4 Å². The van der Waals surface area contributed by atoms with Crippen molar-refractivity contribution in [2.45, 2.75) is 0 Å². The normalized spacial score (nSPS) is 2.29. The molecule has 0 aliphatic rings. The number of carbonyl (C=O) groups excluding carboxylic acids is 1. The molecule has 0 atom stereocenters. The number of rotatable bonds is 0. The van der Waals surface area contributed by atoms with E-state index in [2.05, 4.69) is 0 Å². The summed E-state index contributed by atoms with van der Waals surface area (Å²) in [6.45, 7) is 1.75. The first-order valence-corrected chi connectivity index (χ1v) is 0.783. The average molecular weight is 156 g/mol. The standard InChI is InChI=1S/CH2O2.CH2O.2Ar/c2-1-3;1-2;;/h1H,(H,2,3);1H2;;. The van der Waals surface area contributed by atoms with Crippen LogP contribution in [0.2, 0.25) is 0 Å². The summed E-state index contributed by atoms with van der Waals surface area (Å²) in [6.07, 6.45) is 0. The zero-order valence-electron chi connectivity index (χ0n) is 3.26. The van der Waals surface area contributed by atoms with E-state index in [0.717, 1.165) is 0 Å². The molecule has 1 N–H and O–H groups in total. The Balaban J connectivity index is -0.0000000105. The Bertz CT molecular complexity index is 24.9. The molecular weight excluding hydrogens is 152 g/mol. The Morgan fingerprint density at radius 1 is 1.29 bits per heavy atom. The minimum Gasteiger partial charge on any atom is -0.483 e. The van der Waals surface area contributed by atoms with Crippen molar-refractivity contribution in [2.24, 2.45) is 0 Å². The first-order valence-electron chi connectivity index (χ1n) is 0.783. The molecule has 0 unspecified atom stereocenters. The van der Waals surface area contributed by atoms with Crippen molar-refractivity contribution >= 4 is 13.3 Å². The molecule has 0 heterocycles. The summed E-state index contributed by atoms with van der Waals surface area (Å²) in [7, 11) is 0. The van der Waals surface area contributed by atoms with E-state index >= 15 is 0 Å². The zero-order chi connectivity index (χ0) is 4.71. The van der Waals surface area contributed by atoms with Crippen molar-refractivity contribution in [3.63, 3.8) is 0 Å². The van der Waals surface area contributed by atoms with E-state index in [-0.39, 0.29) is 81.9 Å². The molecule has 46 valence electrons. The second kappa shape index (κ2) is 48.0. The van der Waals surface area contributed by atoms with E-state index in [9.17, 15) is 0 Å². The van der Waals surface area contributed by atoms with Gasteiger partial charge in [0, 0.05) is 75.5 Å². The van der Waals surface area contributed by atoms with Crippen LogP contribution in [0, 0.1) is 75.5 Å². The summed E-state index contributed by atoms with van der Waals surface area (Å²) in [5.41, 5.74) is 0. The van der Waals surface area contributed by atoms with Crippen LogP contribution in [0.25, 0.3) is 0 Å². The van der Waals surface area contributed by atoms with E-state index < -0.39 is 0 Å². The van der Waals surface area contributed by atoms with Gasteiger partial charge in [-0.1, -0.05) is 0 Å². The predicted octanol–water partition coefficient (Wildman–Crippen LogP) is -0.484. The summed E-state index contributed by atoms with van der Waals surface area (Å²) in [6, 6.07) is 0. The molecule has 0 amide bonds. The third-order valence-corrected chi connectivity index (χ3v) is 0. The zero-order valence-corrected chi connectivity index (χ0v) is 4.67. The molecule has 0 aliphatic carbocycles. The van der Waals surface area contributed by atoms with Crippen LogP contribution in [0.3, 0.4) is 0 Å². The van der Waals surface area contributed by atoms with Gasteiger partial charge in [0.2, 0.25) is 0 Å². The minimum atomic E-state index is -0.250. The van der Waals surface area contributed by atoms with E-state index in [1.54, 1.807) is 0 Å². The van der Waals surface area contributed by atoms with Gasteiger partial charge in [-0.05, 0) is 0 Å². The first kappa shape index (κ1) is 23.4. The number of hydrogen-bond donors (Lipinski definition) is 1. The molecule has 0 spiro atoms. The quantitative estimate of drug-likeness (QED) is 0.481. The third-order valence-electron chi connectivity index (χ3n) is 0. The van der Waals surface area contributed by atoms with E-state index in [1.165, 1.54) is 0 Å². The van der Waals surface area contributed by atoms with Crippen LogP contribution in [0.15, 0.2) is 0 Å². The smallest absolute Gasteiger partial charge is 0.290 e. The summed E-state index contributed by atoms with van der Waals surface area (Å²) in [5.74, 6) is 0. The Hall–Kier alpha value is 1.66. The van der Waals surface area contributed by atoms with Crippen LogP contribution in [0.4, 0.5) is 0 Å². The maximum Gasteiger partial charge on any atom is 0.290 e. The monoisotopic (exact) mass is 156 g/mol. The Kier molecular flexibility index (Phi) is 161. The molecule has 5 heteroatoms. The number of carbonyl (C=O) groups is 2. The second-order valence-electron chi connectivity index (χ2n) is 0.105. The number of hydrogen-bond acceptors (Lipinski definition) is 2. The third kappa shape index (κ3) is 89.1. The Morgan fingerprint density at radius 2 is 1.29 bits per heavy atom. The fourth-order valence-corrected chi connectivity index (χ4v) is 0. The van der Waals surface area contributed by atoms with Gasteiger partial charge >= 0.3 is 0 Å². The van der Waals surface area contributed by atoms with Crippen LogP contribution < -0.4 is 0 Å². The molecule has 0 aromatic heterocycles. The van der Waals surface area contributed by atoms with Crippen LogP contribution in [0.5, 0.6) is 0 Å². The molecule has 0 radical (unpaired) electrons. The van der Waals surface area contributed by atoms with E-state index in [4.69, 9.17) is 14.7 Å². The summed E-state index contributed by atoms with van der Waals surface area (Å²) < 4.78 is 0. The van der Waals surface area contributed by atoms with Crippen molar-refractivity contribution in [2.75, 3.05) is 0 Å². The van der Waals surface area contributed by atoms with Gasteiger partial charge in [0.1, 0.15) is 6.79 Å². The molecule has 0 aromatic carbocycles. The molecule has 0 aromatic rings. The molecule has 0 bridgehead atoms. The summed E-state index contributed by atoms with van der Waals surface area (Å²) in [4.78, 5) is 16.4. The molecule has 0 saturated heterocycles. The minimum absolute atomic E-state index is 0. The molecule has 7 heavy (non-hydrogen) atoms. The fourth-order valence-electron chi connectivity index (χ4n) is 0. The maximum absolute atomic E-state index is 8.36. The van der Waals surface area contributed by atoms with Crippen LogP contribution in [0.1, 0.15) is 0 Å². The fraction of sp³-hybridized carbons (Fsp3) is 0. The summed E-state index contributed by atoms with van der Waals surface area (Å²) in [5, 5.41) is 6.89. The first-order chi connectivity index (χ1) is 2.41. The molecule has 0 saturated carbocycles. The van der Waals surface area contributed by atoms with Crippen molar-refractivity contribution < 1.29 is 90.2 Å². The van der Waals surface area contributed by atoms with Gasteiger partial charge in [0.25, 0.3) is 6.47 Å². The van der Waals surface area contributed by atoms with Gasteiger partial charge in [0.05, 0.1) is 0 Å². The second-order valence-corrected chi connectivity index (χ2v) is 0.105. The summed E-state index contributed by atoms with van der Waals surface area (Å²) >= 11 is 0. The largest absolute Gasteiger partial charge is 0.483 e.